The van der Waals surface area contributed by atoms with Crippen LogP contribution in [0.1, 0.15) is 102 Å². The second-order valence-electron chi connectivity index (χ2n) is 13.4. The monoisotopic (exact) mass is 574 g/mol. The summed E-state index contributed by atoms with van der Waals surface area (Å²) in [6.45, 7) is 31.5. The lowest BCUT2D eigenvalue weighted by Crippen LogP contribution is -2.51. The van der Waals surface area contributed by atoms with Crippen molar-refractivity contribution < 1.29 is 13.6 Å². The van der Waals surface area contributed by atoms with E-state index in [9.17, 15) is 9.59 Å². The molecular formula is C32H54O5Si2. The van der Waals surface area contributed by atoms with Crippen LogP contribution in [-0.4, -0.2) is 22.7 Å². The summed E-state index contributed by atoms with van der Waals surface area (Å²) in [6, 6.07) is 5.89. The summed E-state index contributed by atoms with van der Waals surface area (Å²) in [6.07, 6.45) is -0.193. The highest BCUT2D eigenvalue weighted by molar-refractivity contribution is 6.78. The summed E-state index contributed by atoms with van der Waals surface area (Å²) < 4.78 is 20.0. The second-order valence-corrected chi connectivity index (χ2v) is 24.2. The molecule has 5 nitrogen and oxygen atoms in total. The Balaban J connectivity index is 2.73. The third-order valence-corrected chi connectivity index (χ3v) is 20.8. The summed E-state index contributed by atoms with van der Waals surface area (Å²) in [4.78, 5) is 25.1. The van der Waals surface area contributed by atoms with Crippen molar-refractivity contribution in [3.63, 3.8) is 0 Å². The maximum Gasteiger partial charge on any atom is 0.268 e. The van der Waals surface area contributed by atoms with Crippen LogP contribution in [-0.2, 0) is 11.0 Å². The van der Waals surface area contributed by atoms with Gasteiger partial charge in [0, 0.05) is 5.56 Å². The molecule has 0 atom stereocenters. The lowest BCUT2D eigenvalue weighted by Gasteiger charge is -2.44. The third-order valence-electron chi connectivity index (χ3n) is 8.75. The molecule has 0 unspecified atom stereocenters. The molecule has 2 rings (SSSR count). The average Bonchev–Trinajstić information content (AvgIpc) is 2.81. The Bertz CT molecular complexity index is 1130. The van der Waals surface area contributed by atoms with Gasteiger partial charge in [-0.25, -0.2) is 0 Å². The van der Waals surface area contributed by atoms with Crippen LogP contribution in [0.5, 0.6) is 11.5 Å². The van der Waals surface area contributed by atoms with Crippen molar-refractivity contribution >= 4 is 16.6 Å². The van der Waals surface area contributed by atoms with Crippen molar-refractivity contribution in [2.24, 2.45) is 0 Å². The first-order valence-corrected chi connectivity index (χ1v) is 19.2. The minimum atomic E-state index is -2.24. The number of benzene rings is 1. The molecule has 0 aliphatic rings. The van der Waals surface area contributed by atoms with Crippen LogP contribution >= 0.6 is 0 Å². The molecule has 0 aromatic heterocycles. The van der Waals surface area contributed by atoms with Crippen LogP contribution in [0.15, 0.2) is 27.8 Å². The lowest BCUT2D eigenvalue weighted by atomic mass is 9.98. The maximum absolute atomic E-state index is 12.7. The standard InChI is InChI=1S/C32H54O5Si2/c1-19(2)36-32-29(30(33)31(32)34)26-15-16-28(37-39(23(9)10,24(11)12)25(13)14)27(17-26)18-35-38(20(3)4,21(5)6)22(7)8/h15-17,19-25H,18H2,1-14H3. The molecule has 0 aliphatic carbocycles. The molecule has 0 saturated carbocycles. The van der Waals surface area contributed by atoms with E-state index in [1.54, 1.807) is 0 Å². The Morgan fingerprint density at radius 2 is 1.10 bits per heavy atom. The summed E-state index contributed by atoms with van der Waals surface area (Å²) in [5, 5.41) is 0. The fraction of sp³-hybridized carbons (Fsp3) is 0.688. The minimum absolute atomic E-state index is 0.168. The quantitative estimate of drug-likeness (QED) is 0.166. The first-order valence-electron chi connectivity index (χ1n) is 14.9. The molecule has 0 aliphatic heterocycles. The number of hydrogen-bond acceptors (Lipinski definition) is 5. The van der Waals surface area contributed by atoms with Crippen molar-refractivity contribution in [2.45, 2.75) is 143 Å². The predicted octanol–water partition coefficient (Wildman–Crippen LogP) is 8.98. The summed E-state index contributed by atoms with van der Waals surface area (Å²) in [7, 11) is -4.40. The Hall–Kier alpha value is -1.71. The largest absolute Gasteiger partial charge is 0.542 e. The van der Waals surface area contributed by atoms with Gasteiger partial charge in [-0.3, -0.25) is 9.59 Å². The molecule has 0 N–H and O–H groups in total. The lowest BCUT2D eigenvalue weighted by molar-refractivity contribution is 0.238. The second kappa shape index (κ2) is 12.9. The fourth-order valence-electron chi connectivity index (χ4n) is 7.18. The highest BCUT2D eigenvalue weighted by atomic mass is 28.4. The van der Waals surface area contributed by atoms with Gasteiger partial charge in [-0.05, 0) is 64.8 Å². The van der Waals surface area contributed by atoms with Crippen LogP contribution in [0.3, 0.4) is 0 Å². The highest BCUT2D eigenvalue weighted by Gasteiger charge is 2.48. The number of hydrogen-bond donors (Lipinski definition) is 0. The zero-order valence-electron chi connectivity index (χ0n) is 27.0. The maximum atomic E-state index is 12.7. The van der Waals surface area contributed by atoms with E-state index in [4.69, 9.17) is 13.6 Å². The van der Waals surface area contributed by atoms with Crippen LogP contribution in [0.4, 0.5) is 0 Å². The fourth-order valence-corrected chi connectivity index (χ4v) is 17.9. The molecule has 220 valence electrons. The zero-order chi connectivity index (χ0) is 30.0. The van der Waals surface area contributed by atoms with Crippen LogP contribution in [0, 0.1) is 0 Å². The van der Waals surface area contributed by atoms with Crippen molar-refractivity contribution in [3.8, 4) is 22.6 Å². The van der Waals surface area contributed by atoms with Gasteiger partial charge in [0.25, 0.3) is 13.7 Å². The van der Waals surface area contributed by atoms with Crippen LogP contribution in [0.25, 0.3) is 11.1 Å². The van der Waals surface area contributed by atoms with E-state index in [-0.39, 0.29) is 11.9 Å². The molecule has 2 aromatic rings. The average molecular weight is 575 g/mol. The van der Waals surface area contributed by atoms with Gasteiger partial charge >= 0.3 is 0 Å². The highest BCUT2D eigenvalue weighted by Crippen LogP contribution is 2.46. The molecule has 0 heterocycles. The Kier molecular flexibility index (Phi) is 11.0. The predicted molar refractivity (Wildman–Crippen MR) is 170 cm³/mol. The summed E-state index contributed by atoms with van der Waals surface area (Å²) >= 11 is 0. The van der Waals surface area contributed by atoms with Gasteiger partial charge in [-0.2, -0.15) is 0 Å². The van der Waals surface area contributed by atoms with Crippen LogP contribution in [0.2, 0.25) is 33.2 Å². The Morgan fingerprint density at radius 1 is 0.641 bits per heavy atom. The minimum Gasteiger partial charge on any atom is -0.542 e. The molecule has 39 heavy (non-hydrogen) atoms. The van der Waals surface area contributed by atoms with E-state index in [1.807, 2.05) is 32.0 Å². The van der Waals surface area contributed by atoms with E-state index < -0.39 is 27.5 Å². The third kappa shape index (κ3) is 6.30. The molecule has 0 fully saturated rings. The van der Waals surface area contributed by atoms with Gasteiger partial charge in [-0.1, -0.05) is 89.2 Å². The van der Waals surface area contributed by atoms with E-state index in [1.165, 1.54) is 0 Å². The number of rotatable bonds is 14. The van der Waals surface area contributed by atoms with Crippen molar-refractivity contribution in [1.82, 2.24) is 0 Å². The molecule has 2 aromatic carbocycles. The molecule has 0 spiro atoms. The van der Waals surface area contributed by atoms with Crippen molar-refractivity contribution in [1.29, 1.82) is 0 Å². The first-order chi connectivity index (χ1) is 17.9. The molecule has 0 amide bonds. The van der Waals surface area contributed by atoms with Crippen molar-refractivity contribution in [2.75, 3.05) is 0 Å². The summed E-state index contributed by atoms with van der Waals surface area (Å²) in [5.41, 5.74) is 3.54. The van der Waals surface area contributed by atoms with Crippen LogP contribution < -0.4 is 20.0 Å². The van der Waals surface area contributed by atoms with Gasteiger partial charge in [0.05, 0.1) is 18.3 Å². The molecule has 0 bridgehead atoms. The van der Waals surface area contributed by atoms with E-state index >= 15 is 0 Å². The molecule has 7 heteroatoms. The summed E-state index contributed by atoms with van der Waals surface area (Å²) in [5.74, 6) is 1.01. The first kappa shape index (κ1) is 33.5. The van der Waals surface area contributed by atoms with Gasteiger partial charge < -0.3 is 13.6 Å². The molecule has 0 saturated heterocycles. The van der Waals surface area contributed by atoms with Gasteiger partial charge in [0.1, 0.15) is 5.75 Å². The van der Waals surface area contributed by atoms with E-state index in [0.29, 0.717) is 51.0 Å². The van der Waals surface area contributed by atoms with Gasteiger partial charge in [0.2, 0.25) is 13.7 Å². The van der Waals surface area contributed by atoms with E-state index in [0.717, 1.165) is 11.3 Å². The SMILES string of the molecule is CC(C)Oc1c(-c2ccc(O[Si](C(C)C)(C(C)C)C(C)C)c(CO[Si](C(C)C)(C(C)C)C(C)C)c2)c(=O)c1=O. The Labute approximate surface area is 239 Å². The van der Waals surface area contributed by atoms with Gasteiger partial charge in [-0.15, -0.1) is 0 Å². The zero-order valence-corrected chi connectivity index (χ0v) is 29.0. The molecular weight excluding hydrogens is 521 g/mol. The molecule has 0 radical (unpaired) electrons. The van der Waals surface area contributed by atoms with E-state index in [2.05, 4.69) is 83.1 Å². The smallest absolute Gasteiger partial charge is 0.268 e. The normalized spacial score (nSPS) is 13.4. The van der Waals surface area contributed by atoms with Gasteiger partial charge in [0.15, 0.2) is 5.75 Å². The van der Waals surface area contributed by atoms with Crippen molar-refractivity contribution in [3.05, 3.63) is 44.2 Å². The topological polar surface area (TPSA) is 61.8 Å². The Morgan fingerprint density at radius 3 is 1.51 bits per heavy atom. The number of ether oxygens (including phenoxy) is 1.